The summed E-state index contributed by atoms with van der Waals surface area (Å²) in [6.07, 6.45) is 0.521. The van der Waals surface area contributed by atoms with Gasteiger partial charge in [0.05, 0.1) is 19.8 Å². The Kier molecular flexibility index (Phi) is 6.14. The van der Waals surface area contributed by atoms with E-state index in [0.29, 0.717) is 0 Å². The molecule has 1 atom stereocenters. The number of ether oxygens (including phenoxy) is 3. The number of esters is 1. The van der Waals surface area contributed by atoms with Crippen LogP contribution in [-0.2, 0) is 20.5 Å². The first kappa shape index (κ1) is 19.0. The highest BCUT2D eigenvalue weighted by Crippen LogP contribution is 2.31. The Morgan fingerprint density at radius 1 is 1.17 bits per heavy atom. The summed E-state index contributed by atoms with van der Waals surface area (Å²) in [6, 6.07) is 4.35. The molecule has 0 aliphatic carbocycles. The molecule has 23 heavy (non-hydrogen) atoms. The monoisotopic (exact) mass is 343 g/mol. The van der Waals surface area contributed by atoms with Gasteiger partial charge in [-0.2, -0.15) is 4.31 Å². The number of benzene rings is 1. The zero-order valence-corrected chi connectivity index (χ0v) is 14.9. The van der Waals surface area contributed by atoms with E-state index < -0.39 is 28.6 Å². The number of methoxy groups -OCH3 is 2. The molecule has 0 saturated carbocycles. The van der Waals surface area contributed by atoms with E-state index in [9.17, 15) is 13.8 Å². The van der Waals surface area contributed by atoms with Gasteiger partial charge in [-0.3, -0.25) is 0 Å². The number of rotatable bonds is 4. The molecule has 1 aromatic rings. The van der Waals surface area contributed by atoms with Gasteiger partial charge in [0.2, 0.25) is 0 Å². The molecule has 0 saturated heterocycles. The van der Waals surface area contributed by atoms with E-state index in [4.69, 9.17) is 9.47 Å². The van der Waals surface area contributed by atoms with Crippen LogP contribution in [0.15, 0.2) is 18.2 Å². The van der Waals surface area contributed by atoms with E-state index in [0.717, 1.165) is 4.31 Å². The number of hydrogen-bond donors (Lipinski definition) is 0. The van der Waals surface area contributed by atoms with Crippen LogP contribution in [0.3, 0.4) is 0 Å². The van der Waals surface area contributed by atoms with Gasteiger partial charge in [0.25, 0.3) is 0 Å². The summed E-state index contributed by atoms with van der Waals surface area (Å²) in [7, 11) is 0.923. The molecule has 1 aromatic carbocycles. The van der Waals surface area contributed by atoms with Crippen molar-refractivity contribution in [1.29, 1.82) is 0 Å². The van der Waals surface area contributed by atoms with Crippen molar-refractivity contribution in [3.63, 3.8) is 0 Å². The molecule has 0 radical (unpaired) electrons. The van der Waals surface area contributed by atoms with E-state index in [1.165, 1.54) is 38.7 Å². The van der Waals surface area contributed by atoms with Crippen molar-refractivity contribution in [2.24, 2.45) is 0 Å². The third kappa shape index (κ3) is 4.95. The van der Waals surface area contributed by atoms with Crippen molar-refractivity contribution in [2.75, 3.05) is 24.8 Å². The molecule has 0 spiro atoms. The van der Waals surface area contributed by atoms with Crippen molar-refractivity contribution >= 4 is 28.7 Å². The van der Waals surface area contributed by atoms with Gasteiger partial charge in [-0.25, -0.2) is 13.8 Å². The molecule has 0 N–H and O–H groups in total. The SMILES string of the molecule is COC(=O)c1ccc(OC)c(N(C(=O)OC(C)(C)C)S(C)=O)c1. The van der Waals surface area contributed by atoms with Crippen molar-refractivity contribution in [1.82, 2.24) is 0 Å². The Balaban J connectivity index is 3.38. The molecule has 8 heteroatoms. The van der Waals surface area contributed by atoms with Gasteiger partial charge in [0.15, 0.2) is 0 Å². The van der Waals surface area contributed by atoms with Crippen LogP contribution >= 0.6 is 0 Å². The standard InChI is InChI=1S/C15H21NO6S/c1-15(2,3)22-14(18)16(23(6)19)11-9-10(13(17)21-5)7-8-12(11)20-4/h7-9H,1-6H3. The highest BCUT2D eigenvalue weighted by Gasteiger charge is 2.29. The fourth-order valence-electron chi connectivity index (χ4n) is 1.74. The quantitative estimate of drug-likeness (QED) is 0.781. The smallest absolute Gasteiger partial charge is 0.427 e. The predicted molar refractivity (Wildman–Crippen MR) is 87.1 cm³/mol. The van der Waals surface area contributed by atoms with Gasteiger partial charge >= 0.3 is 12.1 Å². The molecule has 128 valence electrons. The van der Waals surface area contributed by atoms with Crippen LogP contribution in [0.4, 0.5) is 10.5 Å². The summed E-state index contributed by atoms with van der Waals surface area (Å²) in [6.45, 7) is 5.09. The first-order valence-corrected chi connectivity index (χ1v) is 8.25. The third-order valence-electron chi connectivity index (χ3n) is 2.64. The zero-order chi connectivity index (χ0) is 17.8. The summed E-state index contributed by atoms with van der Waals surface area (Å²) in [5.74, 6) is -0.307. The van der Waals surface area contributed by atoms with Gasteiger partial charge in [-0.1, -0.05) is 0 Å². The van der Waals surface area contributed by atoms with Crippen LogP contribution in [0.1, 0.15) is 31.1 Å². The van der Waals surface area contributed by atoms with E-state index in [1.54, 1.807) is 20.8 Å². The Morgan fingerprint density at radius 2 is 1.78 bits per heavy atom. The van der Waals surface area contributed by atoms with Crippen molar-refractivity contribution in [2.45, 2.75) is 26.4 Å². The van der Waals surface area contributed by atoms with Crippen LogP contribution in [0.5, 0.6) is 5.75 Å². The average Bonchev–Trinajstić information content (AvgIpc) is 2.44. The number of amides is 1. The Bertz CT molecular complexity index is 623. The minimum Gasteiger partial charge on any atom is -0.495 e. The minimum atomic E-state index is -1.73. The molecule has 0 aromatic heterocycles. The Labute approximate surface area is 138 Å². The average molecular weight is 343 g/mol. The van der Waals surface area contributed by atoms with Crippen LogP contribution < -0.4 is 9.04 Å². The summed E-state index contributed by atoms with van der Waals surface area (Å²) >= 11 is 0. The van der Waals surface area contributed by atoms with Gasteiger partial charge in [-0.05, 0) is 39.0 Å². The number of anilines is 1. The van der Waals surface area contributed by atoms with Crippen LogP contribution in [-0.4, -0.2) is 42.3 Å². The summed E-state index contributed by atoms with van der Waals surface area (Å²) in [5.41, 5.74) is -0.408. The number of carbonyl (C=O) groups excluding carboxylic acids is 2. The molecular weight excluding hydrogens is 322 g/mol. The fraction of sp³-hybridized carbons (Fsp3) is 0.467. The maximum Gasteiger partial charge on any atom is 0.427 e. The lowest BCUT2D eigenvalue weighted by atomic mass is 10.2. The molecule has 0 heterocycles. The molecule has 0 aliphatic rings. The van der Waals surface area contributed by atoms with E-state index in [-0.39, 0.29) is 17.0 Å². The fourth-order valence-corrected chi connectivity index (χ4v) is 2.41. The molecule has 7 nitrogen and oxygen atoms in total. The lowest BCUT2D eigenvalue weighted by Gasteiger charge is -2.26. The minimum absolute atomic E-state index is 0.158. The van der Waals surface area contributed by atoms with Crippen LogP contribution in [0, 0.1) is 0 Å². The van der Waals surface area contributed by atoms with Gasteiger partial charge in [0.1, 0.15) is 28.0 Å². The van der Waals surface area contributed by atoms with Gasteiger partial charge in [-0.15, -0.1) is 0 Å². The summed E-state index contributed by atoms with van der Waals surface area (Å²) in [4.78, 5) is 24.0. The first-order valence-electron chi connectivity index (χ1n) is 6.73. The van der Waals surface area contributed by atoms with Crippen LogP contribution in [0.2, 0.25) is 0 Å². The predicted octanol–water partition coefficient (Wildman–Crippen LogP) is 2.52. The lowest BCUT2D eigenvalue weighted by molar-refractivity contribution is 0.0590. The highest BCUT2D eigenvalue weighted by atomic mass is 32.2. The lowest BCUT2D eigenvalue weighted by Crippen LogP contribution is -2.38. The number of carbonyl (C=O) groups is 2. The zero-order valence-electron chi connectivity index (χ0n) is 14.0. The second kappa shape index (κ2) is 7.45. The summed E-state index contributed by atoms with van der Waals surface area (Å²) in [5, 5.41) is 0. The third-order valence-corrected chi connectivity index (χ3v) is 3.50. The maximum absolute atomic E-state index is 12.4. The maximum atomic E-state index is 12.4. The first-order chi connectivity index (χ1) is 10.6. The Morgan fingerprint density at radius 3 is 2.22 bits per heavy atom. The van der Waals surface area contributed by atoms with Gasteiger partial charge in [0, 0.05) is 6.26 Å². The Hall–Kier alpha value is -2.09. The molecule has 0 bridgehead atoms. The van der Waals surface area contributed by atoms with Crippen molar-refractivity contribution in [3.8, 4) is 5.75 Å². The van der Waals surface area contributed by atoms with E-state index >= 15 is 0 Å². The number of nitrogens with zero attached hydrogens (tertiary/aromatic N) is 1. The topological polar surface area (TPSA) is 82.1 Å². The van der Waals surface area contributed by atoms with Crippen LogP contribution in [0.25, 0.3) is 0 Å². The van der Waals surface area contributed by atoms with E-state index in [1.807, 2.05) is 0 Å². The normalized spacial score (nSPS) is 12.3. The second-order valence-corrected chi connectivity index (χ2v) is 6.79. The molecule has 0 fully saturated rings. The number of hydrogen-bond acceptors (Lipinski definition) is 6. The molecule has 0 aliphatic heterocycles. The van der Waals surface area contributed by atoms with Crippen molar-refractivity contribution < 1.29 is 28.0 Å². The molecule has 1 rings (SSSR count). The second-order valence-electron chi connectivity index (χ2n) is 5.58. The van der Waals surface area contributed by atoms with E-state index in [2.05, 4.69) is 4.74 Å². The largest absolute Gasteiger partial charge is 0.495 e. The highest BCUT2D eigenvalue weighted by molar-refractivity contribution is 7.86. The van der Waals surface area contributed by atoms with Gasteiger partial charge < -0.3 is 14.2 Å². The molecule has 1 amide bonds. The molecule has 1 unspecified atom stereocenters. The molecular formula is C15H21NO6S. The summed E-state index contributed by atoms with van der Waals surface area (Å²) < 4.78 is 28.1. The van der Waals surface area contributed by atoms with Crippen molar-refractivity contribution in [3.05, 3.63) is 23.8 Å².